The fourth-order valence-electron chi connectivity index (χ4n) is 15.0. The Kier molecular flexibility index (Phi) is 17.4. The predicted molar refractivity (Wildman–Crippen MR) is 250 cm³/mol. The monoisotopic (exact) mass is 1060 g/mol. The molecule has 74 heavy (non-hydrogen) atoms. The molecule has 5 aliphatic heterocycles. The molecular weight excluding hydrogens is 981 g/mol. The van der Waals surface area contributed by atoms with Gasteiger partial charge in [-0.05, 0) is 98.7 Å². The van der Waals surface area contributed by atoms with E-state index < -0.39 is 155 Å². The number of allylic oxidation sites excluding steroid dienone is 1. The fourth-order valence-corrected chi connectivity index (χ4v) is 15.0. The predicted octanol–water partition coefficient (Wildman–Crippen LogP) is -3.01. The van der Waals surface area contributed by atoms with E-state index in [0.29, 0.717) is 43.4 Å². The number of aliphatic hydroxyl groups excluding tert-OH is 13. The second kappa shape index (κ2) is 22.4. The molecule has 0 aromatic heterocycles. The Morgan fingerprint density at radius 3 is 1.85 bits per heavy atom. The van der Waals surface area contributed by atoms with Crippen LogP contribution >= 0.6 is 0 Å². The van der Waals surface area contributed by atoms with Gasteiger partial charge in [0.25, 0.3) is 0 Å². The first-order chi connectivity index (χ1) is 35.0. The van der Waals surface area contributed by atoms with Crippen LogP contribution in [0, 0.1) is 46.3 Å². The van der Waals surface area contributed by atoms with E-state index in [0.717, 1.165) is 32.1 Å². The van der Waals surface area contributed by atoms with E-state index in [1.54, 1.807) is 0 Å². The topological polar surface area (TPSA) is 366 Å². The van der Waals surface area contributed by atoms with Gasteiger partial charge >= 0.3 is 0 Å². The van der Waals surface area contributed by atoms with Crippen molar-refractivity contribution in [3.63, 3.8) is 0 Å². The summed E-state index contributed by atoms with van der Waals surface area (Å²) in [4.78, 5) is 0. The Bertz CT molecular complexity index is 1920. The summed E-state index contributed by atoms with van der Waals surface area (Å²) in [6, 6.07) is 0. The molecule has 8 unspecified atom stereocenters. The molecule has 9 aliphatic rings. The van der Waals surface area contributed by atoms with Crippen molar-refractivity contribution < 1.29 is 114 Å². The highest BCUT2D eigenvalue weighted by atomic mass is 16.8. The Labute approximate surface area is 430 Å². The third kappa shape index (κ3) is 10.2. The van der Waals surface area contributed by atoms with Crippen molar-refractivity contribution in [3.8, 4) is 0 Å². The van der Waals surface area contributed by atoms with Crippen LogP contribution in [-0.4, -0.2) is 239 Å². The molecule has 14 N–H and O–H groups in total. The highest BCUT2D eigenvalue weighted by Crippen LogP contribution is 2.70. The lowest BCUT2D eigenvalue weighted by atomic mass is 9.47. The van der Waals surface area contributed by atoms with Crippen LogP contribution in [0.5, 0.6) is 0 Å². The van der Waals surface area contributed by atoms with Crippen molar-refractivity contribution in [2.45, 2.75) is 233 Å². The maximum atomic E-state index is 12.1. The number of hydrogen-bond acceptors (Lipinski definition) is 23. The van der Waals surface area contributed by atoms with E-state index in [4.69, 9.17) is 42.6 Å². The zero-order valence-electron chi connectivity index (χ0n) is 42.9. The largest absolute Gasteiger partial charge is 0.394 e. The summed E-state index contributed by atoms with van der Waals surface area (Å²) in [5.74, 6) is -0.351. The van der Waals surface area contributed by atoms with Crippen LogP contribution in [0.3, 0.4) is 0 Å². The molecule has 23 heteroatoms. The molecule has 23 nitrogen and oxygen atoms in total. The Morgan fingerprint density at radius 2 is 1.20 bits per heavy atom. The molecule has 0 radical (unpaired) electrons. The summed E-state index contributed by atoms with van der Waals surface area (Å²) < 4.78 is 54.7. The van der Waals surface area contributed by atoms with Gasteiger partial charge in [-0.1, -0.05) is 39.3 Å². The van der Waals surface area contributed by atoms with Crippen LogP contribution in [0.15, 0.2) is 11.6 Å². The van der Waals surface area contributed by atoms with Crippen LogP contribution in [-0.2, 0) is 42.6 Å². The van der Waals surface area contributed by atoms with E-state index in [1.807, 2.05) is 6.92 Å². The number of rotatable bonds is 15. The maximum absolute atomic E-state index is 12.1. The van der Waals surface area contributed by atoms with Crippen molar-refractivity contribution in [2.24, 2.45) is 46.3 Å². The second-order valence-electron chi connectivity index (χ2n) is 23.8. The standard InChI is InChI=1S/C51H84O23/c1-20(19-66-45-40(62)38(60)34(56)29(16-52)69-45)8-13-51(65)21(2)32-28(74-51)15-27-25-7-6-23-14-24(9-11-49(23,4)26(25)10-12-50(27,32)5)68-48-44(73-46-41(63)37(59)33(55)22(3)67-46)43(36(58)31(18-54)71-48)72-47-42(64)39(61)35(57)30(17-53)70-47/h6,20-22,24-48,52-65H,7-19H2,1-5H3/t20?,21-,22+,24?,25-,26-,27?,28-,29-,30+,31-,32-,33+,34+,35+,36-,37+,38?,39-,40+,41-,42+,43+,44-,45-,46-,47?,48?,49?,50+,51?/m1/s1. The minimum atomic E-state index is -1.88. The van der Waals surface area contributed by atoms with Crippen LogP contribution < -0.4 is 0 Å². The molecule has 0 bridgehead atoms. The molecule has 426 valence electrons. The van der Waals surface area contributed by atoms with Crippen molar-refractivity contribution in [1.82, 2.24) is 0 Å². The average Bonchev–Trinajstić information content (AvgIpc) is 3.82. The van der Waals surface area contributed by atoms with E-state index in [1.165, 1.54) is 12.5 Å². The maximum Gasteiger partial charge on any atom is 0.187 e. The molecule has 0 amide bonds. The van der Waals surface area contributed by atoms with Crippen LogP contribution in [0.2, 0.25) is 0 Å². The Morgan fingerprint density at radius 1 is 0.635 bits per heavy atom. The molecule has 5 heterocycles. The van der Waals surface area contributed by atoms with Gasteiger partial charge in [-0.15, -0.1) is 0 Å². The van der Waals surface area contributed by atoms with Crippen LogP contribution in [0.1, 0.15) is 92.4 Å². The molecule has 9 rings (SSSR count). The zero-order valence-corrected chi connectivity index (χ0v) is 42.9. The van der Waals surface area contributed by atoms with Gasteiger partial charge < -0.3 is 114 Å². The number of aliphatic hydroxyl groups is 14. The van der Waals surface area contributed by atoms with Crippen molar-refractivity contribution in [2.75, 3.05) is 26.4 Å². The molecule has 0 aromatic carbocycles. The summed E-state index contributed by atoms with van der Waals surface area (Å²) in [5, 5.41) is 149. The lowest BCUT2D eigenvalue weighted by Crippen LogP contribution is -2.67. The number of fused-ring (bicyclic) bond motifs is 7. The summed E-state index contributed by atoms with van der Waals surface area (Å²) in [5.41, 5.74) is 0.989. The van der Waals surface area contributed by atoms with Gasteiger partial charge in [-0.25, -0.2) is 0 Å². The molecular formula is C51H84O23. The van der Waals surface area contributed by atoms with E-state index in [2.05, 4.69) is 26.8 Å². The summed E-state index contributed by atoms with van der Waals surface area (Å²) >= 11 is 0. The summed E-state index contributed by atoms with van der Waals surface area (Å²) in [6.45, 7) is 8.33. The highest BCUT2D eigenvalue weighted by Gasteiger charge is 2.68. The summed E-state index contributed by atoms with van der Waals surface area (Å²) in [6.07, 6.45) is -22.5. The molecule has 31 atom stereocenters. The van der Waals surface area contributed by atoms with Gasteiger partial charge in [-0.2, -0.15) is 0 Å². The van der Waals surface area contributed by atoms with Gasteiger partial charge in [0.1, 0.15) is 91.6 Å². The molecule has 0 aromatic rings. The van der Waals surface area contributed by atoms with Crippen molar-refractivity contribution in [3.05, 3.63) is 11.6 Å². The quantitative estimate of drug-likeness (QED) is 0.0727. The summed E-state index contributed by atoms with van der Waals surface area (Å²) in [7, 11) is 0. The van der Waals surface area contributed by atoms with Gasteiger partial charge in [0.05, 0.1) is 44.7 Å². The van der Waals surface area contributed by atoms with E-state index in [-0.39, 0.29) is 41.3 Å². The molecule has 8 fully saturated rings. The molecule has 4 aliphatic carbocycles. The molecule has 0 spiro atoms. The average molecular weight is 1070 g/mol. The fraction of sp³-hybridized carbons (Fsp3) is 0.961. The molecule has 5 saturated heterocycles. The Hall–Kier alpha value is -1.18. The first-order valence-corrected chi connectivity index (χ1v) is 26.9. The zero-order chi connectivity index (χ0) is 53.5. The lowest BCUT2D eigenvalue weighted by Gasteiger charge is -2.58. The normalized spacial score (nSPS) is 54.9. The smallest absolute Gasteiger partial charge is 0.187 e. The first-order valence-electron chi connectivity index (χ1n) is 26.9. The Balaban J connectivity index is 0.864. The highest BCUT2D eigenvalue weighted by molar-refractivity contribution is 5.26. The first kappa shape index (κ1) is 57.5. The van der Waals surface area contributed by atoms with Gasteiger partial charge in [-0.3, -0.25) is 0 Å². The minimum absolute atomic E-state index is 0.0769. The van der Waals surface area contributed by atoms with Crippen LogP contribution in [0.4, 0.5) is 0 Å². The minimum Gasteiger partial charge on any atom is -0.394 e. The third-order valence-corrected chi connectivity index (χ3v) is 19.5. The van der Waals surface area contributed by atoms with Crippen molar-refractivity contribution >= 4 is 0 Å². The molecule has 3 saturated carbocycles. The third-order valence-electron chi connectivity index (χ3n) is 19.5. The number of hydrogen-bond donors (Lipinski definition) is 14. The van der Waals surface area contributed by atoms with Gasteiger partial charge in [0.2, 0.25) is 0 Å². The van der Waals surface area contributed by atoms with Crippen LogP contribution in [0.25, 0.3) is 0 Å². The van der Waals surface area contributed by atoms with E-state index in [9.17, 15) is 71.5 Å². The van der Waals surface area contributed by atoms with Gasteiger partial charge in [0.15, 0.2) is 30.9 Å². The lowest BCUT2D eigenvalue weighted by molar-refractivity contribution is -0.394. The van der Waals surface area contributed by atoms with E-state index >= 15 is 0 Å². The van der Waals surface area contributed by atoms with Crippen molar-refractivity contribution in [1.29, 1.82) is 0 Å². The SMILES string of the molecule is CC(CCC1(O)O[C@@H]2CC3[C@@H]4CC=C5CC(OC6O[C@H](CO)[C@@H](O)[C@H](OC7O[C@@H](CO)[C@H](O)[C@@H](O)[C@@H]7O)[C@H]6O[C@H]6O[C@@H](C)[C@H](O)[C@H](O)[C@H]6O)CCC5(C)[C@@H]4CC[C@]3(C)[C@@H]2[C@H]1C)CO[C@@H]1O[C@H](CO)[C@H](O)C(O)[C@@H]1O. The van der Waals surface area contributed by atoms with Gasteiger partial charge in [0, 0.05) is 12.3 Å². The second-order valence-corrected chi connectivity index (χ2v) is 23.8. The number of ether oxygens (including phenoxy) is 9.